The van der Waals surface area contributed by atoms with Crippen LogP contribution in [0.4, 0.5) is 0 Å². The number of fused-ring (bicyclic) bond motifs is 1. The molecule has 7 nitrogen and oxygen atoms in total. The number of aryl methyl sites for hydroxylation is 1. The second-order valence-corrected chi connectivity index (χ2v) is 5.59. The molecule has 0 atom stereocenters. The Morgan fingerprint density at radius 1 is 1.45 bits per heavy atom. The van der Waals surface area contributed by atoms with Gasteiger partial charge in [-0.3, -0.25) is 4.79 Å². The molecule has 8 heteroatoms. The van der Waals surface area contributed by atoms with Crippen molar-refractivity contribution < 1.29 is 14.1 Å². The zero-order valence-corrected chi connectivity index (χ0v) is 11.8. The number of carbonyl (C=O) groups excluding carboxylic acids is 1. The molecule has 0 spiro atoms. The van der Waals surface area contributed by atoms with E-state index >= 15 is 0 Å². The quantitative estimate of drug-likeness (QED) is 0.900. The molecule has 0 fully saturated rings. The van der Waals surface area contributed by atoms with Gasteiger partial charge < -0.3 is 14.6 Å². The standard InChI is InChI=1S/C12H14N4O3S/c1-7-14-11(16-19-7)12(17)13-4-2-10-15-8-3-5-18-6-9(8)20-10/h2-6H2,1H3,(H,13,17). The fourth-order valence-corrected chi connectivity index (χ4v) is 2.99. The zero-order chi connectivity index (χ0) is 13.9. The van der Waals surface area contributed by atoms with E-state index in [4.69, 9.17) is 9.26 Å². The lowest BCUT2D eigenvalue weighted by atomic mass is 10.2. The normalized spacial score (nSPS) is 14.1. The third kappa shape index (κ3) is 2.86. The first-order chi connectivity index (χ1) is 9.72. The topological polar surface area (TPSA) is 90.1 Å². The van der Waals surface area contributed by atoms with Crippen LogP contribution in [0.15, 0.2) is 4.52 Å². The number of aromatic nitrogens is 3. The number of hydrogen-bond acceptors (Lipinski definition) is 7. The summed E-state index contributed by atoms with van der Waals surface area (Å²) in [5, 5.41) is 7.34. The van der Waals surface area contributed by atoms with Crippen LogP contribution in [0.2, 0.25) is 0 Å². The first kappa shape index (κ1) is 13.2. The molecule has 0 unspecified atom stereocenters. The summed E-state index contributed by atoms with van der Waals surface area (Å²) in [6, 6.07) is 0. The Morgan fingerprint density at radius 3 is 3.10 bits per heavy atom. The molecule has 0 radical (unpaired) electrons. The average molecular weight is 294 g/mol. The number of amides is 1. The molecule has 1 aliphatic rings. The maximum absolute atomic E-state index is 11.7. The molecule has 20 heavy (non-hydrogen) atoms. The summed E-state index contributed by atoms with van der Waals surface area (Å²) < 4.78 is 10.1. The third-order valence-electron chi connectivity index (χ3n) is 2.89. The number of carbonyl (C=O) groups is 1. The van der Waals surface area contributed by atoms with Gasteiger partial charge in [-0.2, -0.15) is 4.98 Å². The van der Waals surface area contributed by atoms with Gasteiger partial charge in [0.05, 0.1) is 28.8 Å². The van der Waals surface area contributed by atoms with Gasteiger partial charge in [-0.25, -0.2) is 4.98 Å². The molecule has 3 rings (SSSR count). The summed E-state index contributed by atoms with van der Waals surface area (Å²) in [6.45, 7) is 3.54. The van der Waals surface area contributed by atoms with Crippen molar-refractivity contribution in [2.45, 2.75) is 26.4 Å². The van der Waals surface area contributed by atoms with E-state index in [0.29, 0.717) is 25.5 Å². The second kappa shape index (κ2) is 5.68. The first-order valence-electron chi connectivity index (χ1n) is 6.36. The fraction of sp³-hybridized carbons (Fsp3) is 0.500. The minimum Gasteiger partial charge on any atom is -0.375 e. The van der Waals surface area contributed by atoms with Crippen LogP contribution in [-0.4, -0.2) is 34.2 Å². The Kier molecular flexibility index (Phi) is 3.75. The molecule has 0 saturated heterocycles. The summed E-state index contributed by atoms with van der Waals surface area (Å²) in [5.74, 6) is 0.114. The van der Waals surface area contributed by atoms with E-state index in [2.05, 4.69) is 20.4 Å². The number of nitrogens with one attached hydrogen (secondary N) is 1. The van der Waals surface area contributed by atoms with Gasteiger partial charge >= 0.3 is 0 Å². The van der Waals surface area contributed by atoms with Crippen molar-refractivity contribution in [3.8, 4) is 0 Å². The van der Waals surface area contributed by atoms with Crippen molar-refractivity contribution in [1.29, 1.82) is 0 Å². The molecular formula is C12H14N4O3S. The summed E-state index contributed by atoms with van der Waals surface area (Å²) >= 11 is 1.65. The van der Waals surface area contributed by atoms with Gasteiger partial charge in [0.2, 0.25) is 5.89 Å². The predicted octanol–water partition coefficient (Wildman–Crippen LogP) is 0.880. The van der Waals surface area contributed by atoms with Crippen LogP contribution in [0.5, 0.6) is 0 Å². The average Bonchev–Trinajstić information content (AvgIpc) is 3.04. The Balaban J connectivity index is 1.52. The van der Waals surface area contributed by atoms with Crippen LogP contribution >= 0.6 is 11.3 Å². The molecule has 1 N–H and O–H groups in total. The van der Waals surface area contributed by atoms with Crippen LogP contribution in [-0.2, 0) is 24.2 Å². The Morgan fingerprint density at radius 2 is 2.35 bits per heavy atom. The third-order valence-corrected chi connectivity index (χ3v) is 4.02. The van der Waals surface area contributed by atoms with Crippen molar-refractivity contribution in [3.63, 3.8) is 0 Å². The number of nitrogens with zero attached hydrogens (tertiary/aromatic N) is 3. The van der Waals surface area contributed by atoms with Crippen LogP contribution < -0.4 is 5.32 Å². The van der Waals surface area contributed by atoms with Crippen LogP contribution in [0.3, 0.4) is 0 Å². The molecule has 2 aromatic rings. The monoisotopic (exact) mass is 294 g/mol. The van der Waals surface area contributed by atoms with Gasteiger partial charge in [-0.1, -0.05) is 5.16 Å². The number of rotatable bonds is 4. The highest BCUT2D eigenvalue weighted by atomic mass is 32.1. The van der Waals surface area contributed by atoms with Crippen molar-refractivity contribution in [1.82, 2.24) is 20.4 Å². The highest BCUT2D eigenvalue weighted by Crippen LogP contribution is 2.23. The van der Waals surface area contributed by atoms with Crippen molar-refractivity contribution in [3.05, 3.63) is 27.3 Å². The lowest BCUT2D eigenvalue weighted by molar-refractivity contribution is 0.0941. The summed E-state index contributed by atoms with van der Waals surface area (Å²) in [5.41, 5.74) is 1.14. The van der Waals surface area contributed by atoms with E-state index in [0.717, 1.165) is 23.7 Å². The van der Waals surface area contributed by atoms with E-state index in [1.807, 2.05) is 0 Å². The maximum atomic E-state index is 11.7. The SMILES string of the molecule is Cc1nc(C(=O)NCCc2nc3c(s2)COCC3)no1. The molecule has 1 aliphatic heterocycles. The summed E-state index contributed by atoms with van der Waals surface area (Å²) in [7, 11) is 0. The Bertz CT molecular complexity index is 599. The van der Waals surface area contributed by atoms with Gasteiger partial charge in [0.15, 0.2) is 0 Å². The zero-order valence-electron chi connectivity index (χ0n) is 11.0. The van der Waals surface area contributed by atoms with Crippen LogP contribution in [0.1, 0.15) is 32.1 Å². The van der Waals surface area contributed by atoms with Gasteiger partial charge in [-0.15, -0.1) is 11.3 Å². The molecular weight excluding hydrogens is 280 g/mol. The van der Waals surface area contributed by atoms with E-state index in [-0.39, 0.29) is 11.7 Å². The second-order valence-electron chi connectivity index (χ2n) is 4.42. The molecule has 0 saturated carbocycles. The lowest BCUT2D eigenvalue weighted by Crippen LogP contribution is -2.26. The largest absolute Gasteiger partial charge is 0.375 e. The van der Waals surface area contributed by atoms with E-state index < -0.39 is 0 Å². The molecule has 3 heterocycles. The summed E-state index contributed by atoms with van der Waals surface area (Å²) in [6.07, 6.45) is 1.57. The maximum Gasteiger partial charge on any atom is 0.292 e. The van der Waals surface area contributed by atoms with Crippen LogP contribution in [0, 0.1) is 6.92 Å². The van der Waals surface area contributed by atoms with Crippen molar-refractivity contribution in [2.75, 3.05) is 13.2 Å². The van der Waals surface area contributed by atoms with Crippen molar-refractivity contribution >= 4 is 17.2 Å². The molecule has 0 aromatic carbocycles. The number of thiazole rings is 1. The highest BCUT2D eigenvalue weighted by Gasteiger charge is 2.16. The predicted molar refractivity (Wildman–Crippen MR) is 70.5 cm³/mol. The molecule has 0 aliphatic carbocycles. The number of ether oxygens (including phenoxy) is 1. The molecule has 0 bridgehead atoms. The van der Waals surface area contributed by atoms with E-state index in [1.54, 1.807) is 18.3 Å². The van der Waals surface area contributed by atoms with Gasteiger partial charge in [0.25, 0.3) is 11.7 Å². The Hall–Kier alpha value is -1.80. The number of hydrogen-bond donors (Lipinski definition) is 1. The molecule has 1 amide bonds. The van der Waals surface area contributed by atoms with Crippen LogP contribution in [0.25, 0.3) is 0 Å². The van der Waals surface area contributed by atoms with Gasteiger partial charge in [0.1, 0.15) is 0 Å². The minimum atomic E-state index is -0.327. The van der Waals surface area contributed by atoms with Gasteiger partial charge in [-0.05, 0) is 0 Å². The van der Waals surface area contributed by atoms with E-state index in [9.17, 15) is 4.79 Å². The first-order valence-corrected chi connectivity index (χ1v) is 7.18. The highest BCUT2D eigenvalue weighted by molar-refractivity contribution is 7.11. The van der Waals surface area contributed by atoms with Gasteiger partial charge in [0, 0.05) is 26.3 Å². The molecule has 106 valence electrons. The summed E-state index contributed by atoms with van der Waals surface area (Å²) in [4.78, 5) is 21.3. The Labute approximate surface area is 119 Å². The van der Waals surface area contributed by atoms with E-state index in [1.165, 1.54) is 4.88 Å². The minimum absolute atomic E-state index is 0.0642. The molecule has 2 aromatic heterocycles. The lowest BCUT2D eigenvalue weighted by Gasteiger charge is -2.08. The fourth-order valence-electron chi connectivity index (χ4n) is 1.94. The smallest absolute Gasteiger partial charge is 0.292 e. The van der Waals surface area contributed by atoms with Crippen molar-refractivity contribution in [2.24, 2.45) is 0 Å².